The molecule has 0 saturated heterocycles. The lowest BCUT2D eigenvalue weighted by atomic mass is 10.4. The number of aliphatic hydroxyl groups is 4. The second-order valence-electron chi connectivity index (χ2n) is 3.74. The van der Waals surface area contributed by atoms with Crippen LogP contribution >= 0.6 is 0 Å². The number of hydrogen-bond acceptors (Lipinski definition) is 5. The Hall–Kier alpha value is 0.0169. The van der Waals surface area contributed by atoms with E-state index in [0.29, 0.717) is 12.1 Å². The van der Waals surface area contributed by atoms with Crippen LogP contribution in [0.25, 0.3) is 0 Å². The van der Waals surface area contributed by atoms with E-state index in [4.69, 9.17) is 14.6 Å². The minimum Gasteiger partial charge on any atom is -0.420 e. The Bertz CT molecular complexity index is 143. The standard InChI is InChI=1S/C8H20O5Si/c1-13-14(2,5-7(11)3-9)6-8(12)4-10/h7-12H,3-6H2,1-2H3. The fraction of sp³-hybridized carbons (Fsp3) is 1.00. The molecule has 5 nitrogen and oxygen atoms in total. The summed E-state index contributed by atoms with van der Waals surface area (Å²) in [5.74, 6) is 0. The van der Waals surface area contributed by atoms with Gasteiger partial charge in [0.15, 0.2) is 8.32 Å². The lowest BCUT2D eigenvalue weighted by Crippen LogP contribution is -2.41. The molecule has 0 heterocycles. The lowest BCUT2D eigenvalue weighted by Gasteiger charge is -2.28. The van der Waals surface area contributed by atoms with Crippen LogP contribution in [0.2, 0.25) is 18.6 Å². The Kier molecular flexibility index (Phi) is 6.50. The van der Waals surface area contributed by atoms with Gasteiger partial charge in [-0.15, -0.1) is 0 Å². The first-order valence-electron chi connectivity index (χ1n) is 4.60. The molecule has 0 aliphatic heterocycles. The zero-order valence-corrected chi connectivity index (χ0v) is 9.68. The summed E-state index contributed by atoms with van der Waals surface area (Å²) in [4.78, 5) is 0. The molecular formula is C8H20O5Si. The van der Waals surface area contributed by atoms with Crippen LogP contribution in [0.4, 0.5) is 0 Å². The van der Waals surface area contributed by atoms with Crippen molar-refractivity contribution in [3.05, 3.63) is 0 Å². The van der Waals surface area contributed by atoms with E-state index in [2.05, 4.69) is 0 Å². The van der Waals surface area contributed by atoms with E-state index < -0.39 is 20.5 Å². The summed E-state index contributed by atoms with van der Waals surface area (Å²) in [5.41, 5.74) is 0. The third kappa shape index (κ3) is 5.04. The highest BCUT2D eigenvalue weighted by Crippen LogP contribution is 2.20. The molecule has 6 heteroatoms. The molecule has 2 unspecified atom stereocenters. The summed E-state index contributed by atoms with van der Waals surface area (Å²) >= 11 is 0. The van der Waals surface area contributed by atoms with E-state index in [-0.39, 0.29) is 13.2 Å². The quantitative estimate of drug-likeness (QED) is 0.413. The highest BCUT2D eigenvalue weighted by atomic mass is 28.4. The van der Waals surface area contributed by atoms with E-state index in [1.165, 1.54) is 7.11 Å². The smallest absolute Gasteiger partial charge is 0.194 e. The average molecular weight is 224 g/mol. The van der Waals surface area contributed by atoms with Crippen LogP contribution in [0.1, 0.15) is 0 Å². The number of rotatable bonds is 7. The fourth-order valence-electron chi connectivity index (χ4n) is 1.38. The summed E-state index contributed by atoms with van der Waals surface area (Å²) in [5, 5.41) is 35.9. The molecule has 4 N–H and O–H groups in total. The Morgan fingerprint density at radius 3 is 1.64 bits per heavy atom. The first-order chi connectivity index (χ1) is 6.47. The molecule has 0 aliphatic carbocycles. The van der Waals surface area contributed by atoms with Crippen molar-refractivity contribution in [2.75, 3.05) is 20.3 Å². The molecule has 0 radical (unpaired) electrons. The van der Waals surface area contributed by atoms with Crippen LogP contribution < -0.4 is 0 Å². The Morgan fingerprint density at radius 1 is 1.07 bits per heavy atom. The first-order valence-corrected chi connectivity index (χ1v) is 7.42. The number of hydrogen-bond donors (Lipinski definition) is 4. The Morgan fingerprint density at radius 2 is 1.43 bits per heavy atom. The molecule has 0 rings (SSSR count). The van der Waals surface area contributed by atoms with Crippen molar-refractivity contribution in [2.24, 2.45) is 0 Å². The predicted octanol–water partition coefficient (Wildman–Crippen LogP) is -1.09. The van der Waals surface area contributed by atoms with Gasteiger partial charge in [-0.3, -0.25) is 0 Å². The SMILES string of the molecule is CO[Si](C)(CC(O)CO)CC(O)CO. The summed E-state index contributed by atoms with van der Waals surface area (Å²) < 4.78 is 5.28. The summed E-state index contributed by atoms with van der Waals surface area (Å²) in [7, 11) is -0.683. The minimum absolute atomic E-state index is 0.304. The molecular weight excluding hydrogens is 204 g/mol. The van der Waals surface area contributed by atoms with Gasteiger partial charge in [0.05, 0.1) is 25.4 Å². The molecule has 0 saturated carbocycles. The molecule has 0 aromatic rings. The van der Waals surface area contributed by atoms with Gasteiger partial charge in [0.25, 0.3) is 0 Å². The zero-order valence-electron chi connectivity index (χ0n) is 8.68. The first kappa shape index (κ1) is 14.0. The van der Waals surface area contributed by atoms with Crippen molar-refractivity contribution in [1.29, 1.82) is 0 Å². The molecule has 0 fully saturated rings. The van der Waals surface area contributed by atoms with Gasteiger partial charge < -0.3 is 24.9 Å². The highest BCUT2D eigenvalue weighted by molar-refractivity contribution is 6.72. The van der Waals surface area contributed by atoms with Gasteiger partial charge in [0.1, 0.15) is 0 Å². The monoisotopic (exact) mass is 224 g/mol. The minimum atomic E-state index is -2.21. The molecule has 0 spiro atoms. The van der Waals surface area contributed by atoms with Crippen molar-refractivity contribution < 1.29 is 24.9 Å². The Labute approximate surface area is 85.1 Å². The van der Waals surface area contributed by atoms with Crippen LogP contribution in [-0.4, -0.2) is 61.3 Å². The van der Waals surface area contributed by atoms with Gasteiger partial charge in [-0.2, -0.15) is 0 Å². The lowest BCUT2D eigenvalue weighted by molar-refractivity contribution is 0.0953. The second-order valence-corrected chi connectivity index (χ2v) is 7.86. The van der Waals surface area contributed by atoms with Crippen molar-refractivity contribution in [1.82, 2.24) is 0 Å². The van der Waals surface area contributed by atoms with Crippen LogP contribution in [-0.2, 0) is 4.43 Å². The molecule has 0 aromatic carbocycles. The summed E-state index contributed by atoms with van der Waals surface area (Å²) in [6, 6.07) is 0.716. The van der Waals surface area contributed by atoms with Gasteiger partial charge >= 0.3 is 0 Å². The normalized spacial score (nSPS) is 20.1. The molecule has 0 aromatic heterocycles. The Balaban J connectivity index is 4.16. The van der Waals surface area contributed by atoms with Crippen LogP contribution in [0.5, 0.6) is 0 Å². The fourth-order valence-corrected chi connectivity index (χ4v) is 4.13. The topological polar surface area (TPSA) is 90.2 Å². The van der Waals surface area contributed by atoms with E-state index in [1.807, 2.05) is 6.55 Å². The molecule has 2 atom stereocenters. The van der Waals surface area contributed by atoms with Gasteiger partial charge in [0.2, 0.25) is 0 Å². The maximum atomic E-state index is 9.27. The third-order valence-corrected chi connectivity index (χ3v) is 5.90. The van der Waals surface area contributed by atoms with Crippen molar-refractivity contribution in [3.63, 3.8) is 0 Å². The van der Waals surface area contributed by atoms with Crippen LogP contribution in [0.3, 0.4) is 0 Å². The maximum absolute atomic E-state index is 9.27. The zero-order chi connectivity index (χ0) is 11.2. The average Bonchev–Trinajstić information content (AvgIpc) is 2.17. The largest absolute Gasteiger partial charge is 0.420 e. The van der Waals surface area contributed by atoms with Crippen LogP contribution in [0.15, 0.2) is 0 Å². The van der Waals surface area contributed by atoms with Gasteiger partial charge in [-0.25, -0.2) is 0 Å². The van der Waals surface area contributed by atoms with E-state index >= 15 is 0 Å². The predicted molar refractivity (Wildman–Crippen MR) is 54.4 cm³/mol. The summed E-state index contributed by atoms with van der Waals surface area (Å²) in [6.07, 6.45) is -1.62. The number of aliphatic hydroxyl groups excluding tert-OH is 4. The van der Waals surface area contributed by atoms with E-state index in [1.54, 1.807) is 0 Å². The van der Waals surface area contributed by atoms with Crippen molar-refractivity contribution >= 4 is 8.32 Å². The molecule has 0 bridgehead atoms. The third-order valence-electron chi connectivity index (χ3n) is 2.25. The molecule has 86 valence electrons. The van der Waals surface area contributed by atoms with Crippen LogP contribution in [0, 0.1) is 0 Å². The molecule has 0 aliphatic rings. The van der Waals surface area contributed by atoms with E-state index in [0.717, 1.165) is 0 Å². The summed E-state index contributed by atoms with van der Waals surface area (Å²) in [6.45, 7) is 1.24. The van der Waals surface area contributed by atoms with Gasteiger partial charge in [-0.05, 0) is 18.6 Å². The molecule has 0 amide bonds. The maximum Gasteiger partial charge on any atom is 0.194 e. The van der Waals surface area contributed by atoms with Crippen molar-refractivity contribution in [3.8, 4) is 0 Å². The second kappa shape index (κ2) is 6.49. The highest BCUT2D eigenvalue weighted by Gasteiger charge is 2.33. The van der Waals surface area contributed by atoms with Gasteiger partial charge in [-0.1, -0.05) is 0 Å². The molecule has 14 heavy (non-hydrogen) atoms. The van der Waals surface area contributed by atoms with Crippen molar-refractivity contribution in [2.45, 2.75) is 30.8 Å². The van der Waals surface area contributed by atoms with E-state index in [9.17, 15) is 10.2 Å². The van der Waals surface area contributed by atoms with Gasteiger partial charge in [0, 0.05) is 7.11 Å².